The van der Waals surface area contributed by atoms with Gasteiger partial charge in [-0.15, -0.1) is 0 Å². The number of fused-ring (bicyclic) bond motifs is 1. The quantitative estimate of drug-likeness (QED) is 0.869. The van der Waals surface area contributed by atoms with E-state index in [1.54, 1.807) is 30.2 Å². The van der Waals surface area contributed by atoms with E-state index < -0.39 is 0 Å². The highest BCUT2D eigenvalue weighted by molar-refractivity contribution is 5.98. The van der Waals surface area contributed by atoms with Gasteiger partial charge in [0.1, 0.15) is 11.5 Å². The standard InChI is InChI=1S/C13H17NO4/c1-9(7-15)6-14-11-5-10(17-2)3-4-12(11)18-8-13(14)16/h3-5,9,15H,6-8H2,1-2H3/t9-/m0/s1. The molecule has 2 rings (SSSR count). The summed E-state index contributed by atoms with van der Waals surface area (Å²) in [6, 6.07) is 5.36. The van der Waals surface area contributed by atoms with Gasteiger partial charge in [-0.25, -0.2) is 0 Å². The molecule has 5 nitrogen and oxygen atoms in total. The molecular weight excluding hydrogens is 234 g/mol. The van der Waals surface area contributed by atoms with Gasteiger partial charge in [0.15, 0.2) is 6.61 Å². The number of anilines is 1. The van der Waals surface area contributed by atoms with Crippen molar-refractivity contribution in [3.05, 3.63) is 18.2 Å². The largest absolute Gasteiger partial charge is 0.497 e. The molecule has 0 aliphatic carbocycles. The highest BCUT2D eigenvalue weighted by atomic mass is 16.5. The van der Waals surface area contributed by atoms with Crippen LogP contribution in [0.2, 0.25) is 0 Å². The lowest BCUT2D eigenvalue weighted by molar-refractivity contribution is -0.121. The van der Waals surface area contributed by atoms with Gasteiger partial charge in [0.2, 0.25) is 0 Å². The molecule has 0 radical (unpaired) electrons. The molecule has 1 aromatic rings. The average Bonchev–Trinajstić information content (AvgIpc) is 2.41. The van der Waals surface area contributed by atoms with E-state index in [1.165, 1.54) is 0 Å². The lowest BCUT2D eigenvalue weighted by atomic mass is 10.1. The van der Waals surface area contributed by atoms with Crippen LogP contribution in [-0.2, 0) is 4.79 Å². The summed E-state index contributed by atoms with van der Waals surface area (Å²) >= 11 is 0. The first-order valence-electron chi connectivity index (χ1n) is 5.87. The topological polar surface area (TPSA) is 59.0 Å². The van der Waals surface area contributed by atoms with Crippen molar-refractivity contribution >= 4 is 11.6 Å². The van der Waals surface area contributed by atoms with E-state index in [2.05, 4.69) is 0 Å². The molecule has 0 saturated heterocycles. The second-order valence-electron chi connectivity index (χ2n) is 4.41. The fourth-order valence-corrected chi connectivity index (χ4v) is 1.88. The van der Waals surface area contributed by atoms with Crippen molar-refractivity contribution in [2.75, 3.05) is 31.8 Å². The number of rotatable bonds is 4. The van der Waals surface area contributed by atoms with E-state index in [0.717, 1.165) is 0 Å². The number of aliphatic hydroxyl groups excluding tert-OH is 1. The van der Waals surface area contributed by atoms with Crippen molar-refractivity contribution in [2.45, 2.75) is 6.92 Å². The lowest BCUT2D eigenvalue weighted by Gasteiger charge is -2.31. The van der Waals surface area contributed by atoms with Crippen molar-refractivity contribution in [1.82, 2.24) is 0 Å². The van der Waals surface area contributed by atoms with Crippen molar-refractivity contribution < 1.29 is 19.4 Å². The van der Waals surface area contributed by atoms with Crippen molar-refractivity contribution in [3.63, 3.8) is 0 Å². The first kappa shape index (κ1) is 12.7. The summed E-state index contributed by atoms with van der Waals surface area (Å²) in [4.78, 5) is 13.5. The van der Waals surface area contributed by atoms with Gasteiger partial charge < -0.3 is 19.5 Å². The Kier molecular flexibility index (Phi) is 3.72. The Morgan fingerprint density at radius 2 is 2.33 bits per heavy atom. The molecular formula is C13H17NO4. The number of aliphatic hydroxyl groups is 1. The zero-order chi connectivity index (χ0) is 13.1. The predicted molar refractivity (Wildman–Crippen MR) is 67.1 cm³/mol. The van der Waals surface area contributed by atoms with Crippen LogP contribution >= 0.6 is 0 Å². The van der Waals surface area contributed by atoms with Crippen molar-refractivity contribution in [1.29, 1.82) is 0 Å². The van der Waals surface area contributed by atoms with Crippen LogP contribution < -0.4 is 14.4 Å². The second kappa shape index (κ2) is 5.27. The Morgan fingerprint density at radius 3 is 3.00 bits per heavy atom. The van der Waals surface area contributed by atoms with Gasteiger partial charge in [-0.3, -0.25) is 4.79 Å². The van der Waals surface area contributed by atoms with E-state index in [4.69, 9.17) is 14.6 Å². The van der Waals surface area contributed by atoms with Crippen LogP contribution in [0.25, 0.3) is 0 Å². The monoisotopic (exact) mass is 251 g/mol. The number of carbonyl (C=O) groups excluding carboxylic acids is 1. The smallest absolute Gasteiger partial charge is 0.265 e. The summed E-state index contributed by atoms with van der Waals surface area (Å²) in [5.41, 5.74) is 0.700. The van der Waals surface area contributed by atoms with Gasteiger partial charge in [0.05, 0.1) is 12.8 Å². The van der Waals surface area contributed by atoms with E-state index in [0.29, 0.717) is 23.7 Å². The van der Waals surface area contributed by atoms with Gasteiger partial charge in [-0.1, -0.05) is 6.92 Å². The van der Waals surface area contributed by atoms with Crippen LogP contribution in [0.1, 0.15) is 6.92 Å². The molecule has 1 N–H and O–H groups in total. The summed E-state index contributed by atoms with van der Waals surface area (Å²) in [7, 11) is 1.58. The van der Waals surface area contributed by atoms with E-state index in [-0.39, 0.29) is 25.0 Å². The third kappa shape index (κ3) is 2.41. The summed E-state index contributed by atoms with van der Waals surface area (Å²) in [5, 5.41) is 9.11. The lowest BCUT2D eigenvalue weighted by Crippen LogP contribution is -2.41. The maximum absolute atomic E-state index is 11.9. The third-order valence-electron chi connectivity index (χ3n) is 2.92. The number of nitrogens with zero attached hydrogens (tertiary/aromatic N) is 1. The van der Waals surface area contributed by atoms with Crippen LogP contribution in [0.15, 0.2) is 18.2 Å². The number of methoxy groups -OCH3 is 1. The molecule has 0 saturated carbocycles. The average molecular weight is 251 g/mol. The van der Waals surface area contributed by atoms with E-state index >= 15 is 0 Å². The number of hydrogen-bond donors (Lipinski definition) is 1. The predicted octanol–water partition coefficient (Wildman–Crippen LogP) is 1.05. The molecule has 0 aromatic heterocycles. The molecule has 1 aliphatic heterocycles. The highest BCUT2D eigenvalue weighted by Gasteiger charge is 2.27. The molecule has 1 amide bonds. The molecule has 5 heteroatoms. The Hall–Kier alpha value is -1.75. The molecule has 1 heterocycles. The molecule has 0 fully saturated rings. The zero-order valence-electron chi connectivity index (χ0n) is 10.5. The minimum absolute atomic E-state index is 0.0195. The number of carbonyl (C=O) groups is 1. The van der Waals surface area contributed by atoms with Gasteiger partial charge in [0.25, 0.3) is 5.91 Å². The number of benzene rings is 1. The second-order valence-corrected chi connectivity index (χ2v) is 4.41. The first-order chi connectivity index (χ1) is 8.65. The van der Waals surface area contributed by atoms with Crippen LogP contribution in [0.5, 0.6) is 11.5 Å². The maximum atomic E-state index is 11.9. The Bertz CT molecular complexity index is 447. The number of ether oxygens (including phenoxy) is 2. The Morgan fingerprint density at radius 1 is 1.56 bits per heavy atom. The van der Waals surface area contributed by atoms with Gasteiger partial charge >= 0.3 is 0 Å². The van der Waals surface area contributed by atoms with Crippen LogP contribution in [0.3, 0.4) is 0 Å². The van der Waals surface area contributed by atoms with Gasteiger partial charge in [0, 0.05) is 19.2 Å². The highest BCUT2D eigenvalue weighted by Crippen LogP contribution is 2.35. The van der Waals surface area contributed by atoms with E-state index in [1.807, 2.05) is 6.92 Å². The van der Waals surface area contributed by atoms with Crippen molar-refractivity contribution in [2.24, 2.45) is 5.92 Å². The van der Waals surface area contributed by atoms with E-state index in [9.17, 15) is 4.79 Å². The fourth-order valence-electron chi connectivity index (χ4n) is 1.88. The first-order valence-corrected chi connectivity index (χ1v) is 5.87. The fraction of sp³-hybridized carbons (Fsp3) is 0.462. The van der Waals surface area contributed by atoms with Gasteiger partial charge in [-0.2, -0.15) is 0 Å². The summed E-state index contributed by atoms with van der Waals surface area (Å²) in [6.45, 7) is 2.45. The van der Waals surface area contributed by atoms with Crippen LogP contribution in [0.4, 0.5) is 5.69 Å². The Balaban J connectivity index is 2.32. The van der Waals surface area contributed by atoms with Crippen LogP contribution in [-0.4, -0.2) is 37.9 Å². The minimum atomic E-state index is -0.101. The number of hydrogen-bond acceptors (Lipinski definition) is 4. The number of amides is 1. The molecule has 1 atom stereocenters. The van der Waals surface area contributed by atoms with Gasteiger partial charge in [-0.05, 0) is 18.1 Å². The summed E-state index contributed by atoms with van der Waals surface area (Å²) < 4.78 is 10.5. The van der Waals surface area contributed by atoms with Crippen molar-refractivity contribution in [3.8, 4) is 11.5 Å². The molecule has 0 unspecified atom stereocenters. The molecule has 0 bridgehead atoms. The zero-order valence-corrected chi connectivity index (χ0v) is 10.5. The summed E-state index contributed by atoms with van der Waals surface area (Å²) in [5.74, 6) is 1.26. The maximum Gasteiger partial charge on any atom is 0.265 e. The molecule has 18 heavy (non-hydrogen) atoms. The Labute approximate surface area is 106 Å². The normalized spacial score (nSPS) is 15.9. The molecule has 98 valence electrons. The SMILES string of the molecule is COc1ccc2c(c1)N(C[C@H](C)CO)C(=O)CO2. The summed E-state index contributed by atoms with van der Waals surface area (Å²) in [6.07, 6.45) is 0. The molecule has 1 aliphatic rings. The van der Waals surface area contributed by atoms with Crippen LogP contribution in [0, 0.1) is 5.92 Å². The molecule has 0 spiro atoms. The third-order valence-corrected chi connectivity index (χ3v) is 2.92. The molecule has 1 aromatic carbocycles. The minimum Gasteiger partial charge on any atom is -0.497 e.